The largest absolute Gasteiger partial charge is 0.478 e. The van der Waals surface area contributed by atoms with E-state index in [1.807, 2.05) is 20.9 Å². The zero-order valence-electron chi connectivity index (χ0n) is 12.1. The molecule has 0 aliphatic heterocycles. The summed E-state index contributed by atoms with van der Waals surface area (Å²) in [6.07, 6.45) is 0. The highest BCUT2D eigenvalue weighted by Crippen LogP contribution is 2.33. The molecule has 7 heteroatoms. The maximum absolute atomic E-state index is 11.5. The van der Waals surface area contributed by atoms with Crippen LogP contribution in [0.4, 0.5) is 0 Å². The molecule has 0 saturated heterocycles. The zero-order valence-corrected chi connectivity index (χ0v) is 12.1. The summed E-state index contributed by atoms with van der Waals surface area (Å²) in [5, 5.41) is 18.2. The van der Waals surface area contributed by atoms with Crippen molar-refractivity contribution in [2.75, 3.05) is 0 Å². The lowest BCUT2D eigenvalue weighted by Crippen LogP contribution is -2.00. The number of rotatable bonds is 2. The van der Waals surface area contributed by atoms with E-state index in [-0.39, 0.29) is 11.3 Å². The molecule has 7 nitrogen and oxygen atoms in total. The fourth-order valence-electron chi connectivity index (χ4n) is 2.53. The van der Waals surface area contributed by atoms with Gasteiger partial charge in [0.2, 0.25) is 0 Å². The average molecular weight is 286 g/mol. The highest BCUT2D eigenvalue weighted by molar-refractivity contribution is 6.07. The van der Waals surface area contributed by atoms with Crippen LogP contribution < -0.4 is 0 Å². The predicted molar refractivity (Wildman–Crippen MR) is 75.2 cm³/mol. The number of carboxylic acids is 1. The highest BCUT2D eigenvalue weighted by Gasteiger charge is 2.24. The molecular weight excluding hydrogens is 272 g/mol. The van der Waals surface area contributed by atoms with Gasteiger partial charge in [-0.3, -0.25) is 4.68 Å². The number of hydrogen-bond acceptors (Lipinski definition) is 5. The van der Waals surface area contributed by atoms with Crippen molar-refractivity contribution in [3.05, 3.63) is 28.7 Å². The normalized spacial score (nSPS) is 11.2. The van der Waals surface area contributed by atoms with Crippen LogP contribution in [0.15, 0.2) is 10.6 Å². The standard InChI is InChI=1S/C14H14N4O3/c1-6-5-9(14(19)20)11-12(17-21-13(11)15-6)10-7(2)16-18(4)8(10)3/h5H,1-4H3,(H,19,20). The summed E-state index contributed by atoms with van der Waals surface area (Å²) in [5.41, 5.74) is 3.84. The third-order valence-electron chi connectivity index (χ3n) is 3.55. The highest BCUT2D eigenvalue weighted by atomic mass is 16.5. The summed E-state index contributed by atoms with van der Waals surface area (Å²) >= 11 is 0. The molecule has 0 amide bonds. The van der Waals surface area contributed by atoms with Gasteiger partial charge in [-0.05, 0) is 26.8 Å². The van der Waals surface area contributed by atoms with E-state index in [0.717, 1.165) is 17.0 Å². The van der Waals surface area contributed by atoms with E-state index in [1.165, 1.54) is 6.07 Å². The van der Waals surface area contributed by atoms with Gasteiger partial charge in [-0.25, -0.2) is 9.78 Å². The van der Waals surface area contributed by atoms with Gasteiger partial charge in [-0.1, -0.05) is 5.16 Å². The lowest BCUT2D eigenvalue weighted by Gasteiger charge is -2.01. The Labute approximate surface area is 120 Å². The van der Waals surface area contributed by atoms with Crippen molar-refractivity contribution >= 4 is 17.1 Å². The van der Waals surface area contributed by atoms with E-state index in [0.29, 0.717) is 16.8 Å². The Bertz CT molecular complexity index is 876. The smallest absolute Gasteiger partial charge is 0.336 e. The molecule has 3 heterocycles. The van der Waals surface area contributed by atoms with Gasteiger partial charge in [0.05, 0.1) is 16.6 Å². The van der Waals surface area contributed by atoms with Crippen LogP contribution in [0.2, 0.25) is 0 Å². The van der Waals surface area contributed by atoms with E-state index in [9.17, 15) is 9.90 Å². The van der Waals surface area contributed by atoms with Crippen LogP contribution in [-0.2, 0) is 7.05 Å². The molecule has 0 aliphatic rings. The maximum atomic E-state index is 11.5. The van der Waals surface area contributed by atoms with Gasteiger partial charge >= 0.3 is 5.97 Å². The SMILES string of the molecule is Cc1cc(C(=O)O)c2c(-c3c(C)nn(C)c3C)noc2n1. The van der Waals surface area contributed by atoms with Crippen LogP contribution >= 0.6 is 0 Å². The quantitative estimate of drug-likeness (QED) is 0.776. The number of nitrogens with zero attached hydrogens (tertiary/aromatic N) is 4. The summed E-state index contributed by atoms with van der Waals surface area (Å²) in [6.45, 7) is 5.47. The molecule has 3 aromatic heterocycles. The molecule has 3 rings (SSSR count). The number of fused-ring (bicyclic) bond motifs is 1. The Balaban J connectivity index is 2.42. The van der Waals surface area contributed by atoms with Crippen LogP contribution in [0, 0.1) is 20.8 Å². The molecule has 0 aliphatic carbocycles. The van der Waals surface area contributed by atoms with Gasteiger partial charge in [-0.2, -0.15) is 5.10 Å². The van der Waals surface area contributed by atoms with Gasteiger partial charge in [0.15, 0.2) is 0 Å². The summed E-state index contributed by atoms with van der Waals surface area (Å²) in [6, 6.07) is 1.52. The second-order valence-electron chi connectivity index (χ2n) is 5.00. The fraction of sp³-hybridized carbons (Fsp3) is 0.286. The first-order valence-electron chi connectivity index (χ1n) is 6.41. The molecule has 3 aromatic rings. The molecule has 0 spiro atoms. The van der Waals surface area contributed by atoms with Gasteiger partial charge in [0, 0.05) is 24.0 Å². The number of carboxylic acid groups (broad SMARTS) is 1. The molecule has 0 unspecified atom stereocenters. The Morgan fingerprint density at radius 3 is 2.62 bits per heavy atom. The number of pyridine rings is 1. The molecule has 21 heavy (non-hydrogen) atoms. The summed E-state index contributed by atoms with van der Waals surface area (Å²) in [5.74, 6) is -1.03. The van der Waals surface area contributed by atoms with Crippen LogP contribution in [0.3, 0.4) is 0 Å². The van der Waals surface area contributed by atoms with Crippen LogP contribution in [0.5, 0.6) is 0 Å². The fourth-order valence-corrected chi connectivity index (χ4v) is 2.53. The topological polar surface area (TPSA) is 94.0 Å². The second-order valence-corrected chi connectivity index (χ2v) is 5.00. The lowest BCUT2D eigenvalue weighted by atomic mass is 10.0. The first-order chi connectivity index (χ1) is 9.90. The molecule has 0 bridgehead atoms. The van der Waals surface area contributed by atoms with E-state index >= 15 is 0 Å². The number of aryl methyl sites for hydroxylation is 3. The third kappa shape index (κ3) is 1.89. The molecule has 1 N–H and O–H groups in total. The first kappa shape index (κ1) is 13.3. The Morgan fingerprint density at radius 1 is 1.33 bits per heavy atom. The summed E-state index contributed by atoms with van der Waals surface area (Å²) in [4.78, 5) is 15.7. The van der Waals surface area contributed by atoms with Gasteiger partial charge in [-0.15, -0.1) is 0 Å². The monoisotopic (exact) mass is 286 g/mol. The molecule has 108 valence electrons. The van der Waals surface area contributed by atoms with Crippen LogP contribution in [-0.4, -0.2) is 31.0 Å². The van der Waals surface area contributed by atoms with Crippen molar-refractivity contribution < 1.29 is 14.4 Å². The maximum Gasteiger partial charge on any atom is 0.336 e. The van der Waals surface area contributed by atoms with Crippen molar-refractivity contribution in [2.24, 2.45) is 7.05 Å². The van der Waals surface area contributed by atoms with E-state index < -0.39 is 5.97 Å². The average Bonchev–Trinajstić information content (AvgIpc) is 2.90. The zero-order chi connectivity index (χ0) is 15.3. The van der Waals surface area contributed by atoms with E-state index in [1.54, 1.807) is 11.6 Å². The molecular formula is C14H14N4O3. The number of aromatic carboxylic acids is 1. The van der Waals surface area contributed by atoms with Gasteiger partial charge in [0.25, 0.3) is 5.71 Å². The molecule has 0 fully saturated rings. The Morgan fingerprint density at radius 2 is 2.05 bits per heavy atom. The van der Waals surface area contributed by atoms with Crippen molar-refractivity contribution in [2.45, 2.75) is 20.8 Å². The molecule has 0 aromatic carbocycles. The Hall–Kier alpha value is -2.70. The van der Waals surface area contributed by atoms with Crippen molar-refractivity contribution in [3.63, 3.8) is 0 Å². The van der Waals surface area contributed by atoms with Crippen molar-refractivity contribution in [1.82, 2.24) is 19.9 Å². The Kier molecular flexibility index (Phi) is 2.79. The first-order valence-corrected chi connectivity index (χ1v) is 6.41. The third-order valence-corrected chi connectivity index (χ3v) is 3.55. The van der Waals surface area contributed by atoms with Crippen LogP contribution in [0.1, 0.15) is 27.4 Å². The number of carbonyl (C=O) groups is 1. The second kappa shape index (κ2) is 4.41. The van der Waals surface area contributed by atoms with E-state index in [2.05, 4.69) is 15.2 Å². The minimum absolute atomic E-state index is 0.136. The van der Waals surface area contributed by atoms with Crippen molar-refractivity contribution in [1.29, 1.82) is 0 Å². The summed E-state index contributed by atoms with van der Waals surface area (Å²) < 4.78 is 6.96. The molecule has 0 atom stereocenters. The van der Waals surface area contributed by atoms with Gasteiger partial charge < -0.3 is 9.63 Å². The lowest BCUT2D eigenvalue weighted by molar-refractivity contribution is 0.0699. The number of aromatic nitrogens is 4. The van der Waals surface area contributed by atoms with Gasteiger partial charge in [0.1, 0.15) is 5.69 Å². The predicted octanol–water partition coefficient (Wildman–Crippen LogP) is 2.25. The van der Waals surface area contributed by atoms with Crippen molar-refractivity contribution in [3.8, 4) is 11.3 Å². The minimum atomic E-state index is -1.03. The van der Waals surface area contributed by atoms with Crippen LogP contribution in [0.25, 0.3) is 22.4 Å². The molecule has 0 saturated carbocycles. The molecule has 0 radical (unpaired) electrons. The van der Waals surface area contributed by atoms with E-state index in [4.69, 9.17) is 4.52 Å². The summed E-state index contributed by atoms with van der Waals surface area (Å²) in [7, 11) is 1.83. The number of hydrogen-bond donors (Lipinski definition) is 1. The minimum Gasteiger partial charge on any atom is -0.478 e.